The minimum Gasteiger partial charge on any atom is -0.497 e. The maximum atomic E-state index is 12.3. The zero-order valence-corrected chi connectivity index (χ0v) is 14.9. The predicted octanol–water partition coefficient (Wildman–Crippen LogP) is 2.28. The average molecular weight is 356 g/mol. The van der Waals surface area contributed by atoms with Crippen molar-refractivity contribution in [2.45, 2.75) is 19.1 Å². The Morgan fingerprint density at radius 1 is 1.15 bits per heavy atom. The fourth-order valence-corrected chi connectivity index (χ4v) is 2.96. The Bertz CT molecular complexity index is 716. The van der Waals surface area contributed by atoms with Crippen LogP contribution in [0.1, 0.15) is 12.0 Å². The first-order chi connectivity index (χ1) is 12.7. The van der Waals surface area contributed by atoms with Crippen LogP contribution in [-0.4, -0.2) is 48.8 Å². The highest BCUT2D eigenvalue weighted by Gasteiger charge is 2.26. The van der Waals surface area contributed by atoms with Crippen LogP contribution in [-0.2, 0) is 11.4 Å². The van der Waals surface area contributed by atoms with Gasteiger partial charge in [-0.25, -0.2) is 0 Å². The summed E-state index contributed by atoms with van der Waals surface area (Å²) in [7, 11) is 1.64. The fourth-order valence-electron chi connectivity index (χ4n) is 2.96. The van der Waals surface area contributed by atoms with Gasteiger partial charge in [-0.05, 0) is 48.4 Å². The molecule has 1 saturated heterocycles. The molecule has 1 aliphatic heterocycles. The van der Waals surface area contributed by atoms with Crippen molar-refractivity contribution in [1.29, 1.82) is 0 Å². The lowest BCUT2D eigenvalue weighted by molar-refractivity contribution is -0.132. The van der Waals surface area contributed by atoms with Crippen molar-refractivity contribution in [3.05, 3.63) is 54.1 Å². The topological polar surface area (TPSA) is 71.0 Å². The molecule has 138 valence electrons. The van der Waals surface area contributed by atoms with Crippen molar-refractivity contribution in [1.82, 2.24) is 4.90 Å². The Kier molecular flexibility index (Phi) is 5.96. The van der Waals surface area contributed by atoms with Crippen molar-refractivity contribution in [3.63, 3.8) is 0 Å². The number of amides is 1. The van der Waals surface area contributed by atoms with E-state index in [1.54, 1.807) is 31.4 Å². The normalized spacial score (nSPS) is 16.4. The van der Waals surface area contributed by atoms with E-state index in [9.17, 15) is 4.79 Å². The molecule has 0 spiro atoms. The standard InChI is InChI=1S/C20H24N2O4/c1-25-18-8-4-16(5-9-18)21-17-10-11-22(12-17)20(24)14-26-19-6-2-15(13-23)3-7-19/h2-9,17,21,23H,10-14H2,1H3. The molecular formula is C20H24N2O4. The summed E-state index contributed by atoms with van der Waals surface area (Å²) in [6.45, 7) is 1.40. The molecule has 0 bridgehead atoms. The number of carbonyl (C=O) groups is 1. The number of methoxy groups -OCH3 is 1. The van der Waals surface area contributed by atoms with Crippen LogP contribution in [0.25, 0.3) is 0 Å². The third-order valence-electron chi connectivity index (χ3n) is 4.47. The minimum absolute atomic E-state index is 0.00439. The molecule has 0 aromatic heterocycles. The number of benzene rings is 2. The number of carbonyl (C=O) groups excluding carboxylic acids is 1. The van der Waals surface area contributed by atoms with Gasteiger partial charge in [0, 0.05) is 24.8 Å². The second-order valence-corrected chi connectivity index (χ2v) is 6.29. The zero-order chi connectivity index (χ0) is 18.4. The van der Waals surface area contributed by atoms with Crippen molar-refractivity contribution in [2.24, 2.45) is 0 Å². The Balaban J connectivity index is 1.45. The van der Waals surface area contributed by atoms with E-state index >= 15 is 0 Å². The quantitative estimate of drug-likeness (QED) is 0.796. The van der Waals surface area contributed by atoms with Gasteiger partial charge in [-0.1, -0.05) is 12.1 Å². The molecule has 2 aromatic rings. The number of ether oxygens (including phenoxy) is 2. The van der Waals surface area contributed by atoms with Crippen LogP contribution in [0.4, 0.5) is 5.69 Å². The molecule has 1 heterocycles. The number of aliphatic hydroxyl groups excluding tert-OH is 1. The van der Waals surface area contributed by atoms with Gasteiger partial charge in [0.2, 0.25) is 0 Å². The van der Waals surface area contributed by atoms with Gasteiger partial charge in [-0.15, -0.1) is 0 Å². The van der Waals surface area contributed by atoms with E-state index in [4.69, 9.17) is 14.6 Å². The van der Waals surface area contributed by atoms with Gasteiger partial charge in [-0.3, -0.25) is 4.79 Å². The van der Waals surface area contributed by atoms with Crippen LogP contribution in [0.5, 0.6) is 11.5 Å². The van der Waals surface area contributed by atoms with Crippen LogP contribution in [0.15, 0.2) is 48.5 Å². The first-order valence-electron chi connectivity index (χ1n) is 8.69. The Morgan fingerprint density at radius 3 is 2.50 bits per heavy atom. The molecule has 3 rings (SSSR count). The van der Waals surface area contributed by atoms with Gasteiger partial charge in [0.15, 0.2) is 6.61 Å². The average Bonchev–Trinajstić information content (AvgIpc) is 3.15. The number of aliphatic hydroxyl groups is 1. The predicted molar refractivity (Wildman–Crippen MR) is 99.5 cm³/mol. The van der Waals surface area contributed by atoms with Crippen LogP contribution in [0.3, 0.4) is 0 Å². The van der Waals surface area contributed by atoms with E-state index in [0.717, 1.165) is 30.0 Å². The van der Waals surface area contributed by atoms with Crippen LogP contribution < -0.4 is 14.8 Å². The molecule has 1 atom stereocenters. The van der Waals surface area contributed by atoms with E-state index in [1.807, 2.05) is 29.2 Å². The van der Waals surface area contributed by atoms with E-state index < -0.39 is 0 Å². The summed E-state index contributed by atoms with van der Waals surface area (Å²) in [6, 6.07) is 15.1. The van der Waals surface area contributed by atoms with Crippen LogP contribution in [0.2, 0.25) is 0 Å². The highest BCUT2D eigenvalue weighted by atomic mass is 16.5. The number of hydrogen-bond acceptors (Lipinski definition) is 5. The molecule has 1 fully saturated rings. The van der Waals surface area contributed by atoms with Gasteiger partial charge >= 0.3 is 0 Å². The molecule has 0 aliphatic carbocycles. The van der Waals surface area contributed by atoms with Gasteiger partial charge in [0.05, 0.1) is 13.7 Å². The number of anilines is 1. The van der Waals surface area contributed by atoms with Crippen LogP contribution in [0, 0.1) is 0 Å². The van der Waals surface area contributed by atoms with Crippen molar-refractivity contribution in [3.8, 4) is 11.5 Å². The summed E-state index contributed by atoms with van der Waals surface area (Å²) < 4.78 is 10.7. The Morgan fingerprint density at radius 2 is 1.85 bits per heavy atom. The molecule has 1 unspecified atom stereocenters. The van der Waals surface area contributed by atoms with Crippen molar-refractivity contribution >= 4 is 11.6 Å². The van der Waals surface area contributed by atoms with E-state index in [0.29, 0.717) is 12.3 Å². The molecule has 0 saturated carbocycles. The summed E-state index contributed by atoms with van der Waals surface area (Å²) in [5, 5.41) is 12.5. The molecule has 6 heteroatoms. The first-order valence-corrected chi connectivity index (χ1v) is 8.69. The molecule has 2 aromatic carbocycles. The summed E-state index contributed by atoms with van der Waals surface area (Å²) in [6.07, 6.45) is 0.906. The summed E-state index contributed by atoms with van der Waals surface area (Å²) in [5.41, 5.74) is 1.83. The highest BCUT2D eigenvalue weighted by Crippen LogP contribution is 2.19. The number of likely N-dealkylation sites (tertiary alicyclic amines) is 1. The zero-order valence-electron chi connectivity index (χ0n) is 14.9. The highest BCUT2D eigenvalue weighted by molar-refractivity contribution is 5.78. The van der Waals surface area contributed by atoms with E-state index in [-0.39, 0.29) is 25.2 Å². The minimum atomic E-state index is -0.0183. The van der Waals surface area contributed by atoms with Gasteiger partial charge in [-0.2, -0.15) is 0 Å². The van der Waals surface area contributed by atoms with Gasteiger partial charge in [0.1, 0.15) is 11.5 Å². The second-order valence-electron chi connectivity index (χ2n) is 6.29. The van der Waals surface area contributed by atoms with Crippen molar-refractivity contribution in [2.75, 3.05) is 32.1 Å². The molecule has 6 nitrogen and oxygen atoms in total. The lowest BCUT2D eigenvalue weighted by Gasteiger charge is -2.18. The number of rotatable bonds is 7. The Hall–Kier alpha value is -2.73. The SMILES string of the molecule is COc1ccc(NC2CCN(C(=O)COc3ccc(CO)cc3)C2)cc1. The second kappa shape index (κ2) is 8.58. The third kappa shape index (κ3) is 4.67. The largest absolute Gasteiger partial charge is 0.497 e. The Labute approximate surface area is 153 Å². The molecule has 26 heavy (non-hydrogen) atoms. The molecule has 1 aliphatic rings. The van der Waals surface area contributed by atoms with E-state index in [1.165, 1.54) is 0 Å². The molecule has 2 N–H and O–H groups in total. The fraction of sp³-hybridized carbons (Fsp3) is 0.350. The number of hydrogen-bond donors (Lipinski definition) is 2. The lowest BCUT2D eigenvalue weighted by Crippen LogP contribution is -2.34. The number of nitrogens with zero attached hydrogens (tertiary/aromatic N) is 1. The summed E-state index contributed by atoms with van der Waals surface area (Å²) in [4.78, 5) is 14.2. The smallest absolute Gasteiger partial charge is 0.260 e. The van der Waals surface area contributed by atoms with Gasteiger partial charge in [0.25, 0.3) is 5.91 Å². The molecule has 1 amide bonds. The third-order valence-corrected chi connectivity index (χ3v) is 4.47. The monoisotopic (exact) mass is 356 g/mol. The lowest BCUT2D eigenvalue weighted by atomic mass is 10.2. The maximum absolute atomic E-state index is 12.3. The van der Waals surface area contributed by atoms with Crippen molar-refractivity contribution < 1.29 is 19.4 Å². The van der Waals surface area contributed by atoms with E-state index in [2.05, 4.69) is 5.32 Å². The molecule has 0 radical (unpaired) electrons. The number of nitrogens with one attached hydrogen (secondary N) is 1. The summed E-state index contributed by atoms with van der Waals surface area (Å²) >= 11 is 0. The van der Waals surface area contributed by atoms with Crippen LogP contribution >= 0.6 is 0 Å². The summed E-state index contributed by atoms with van der Waals surface area (Å²) in [5.74, 6) is 1.43. The molecular weight excluding hydrogens is 332 g/mol. The van der Waals surface area contributed by atoms with Gasteiger partial charge < -0.3 is 24.8 Å². The first kappa shape index (κ1) is 18.1. The maximum Gasteiger partial charge on any atom is 0.260 e.